The van der Waals surface area contributed by atoms with E-state index in [1.807, 2.05) is 0 Å². The lowest BCUT2D eigenvalue weighted by Crippen LogP contribution is -2.07. The van der Waals surface area contributed by atoms with Crippen molar-refractivity contribution in [2.24, 2.45) is 0 Å². The first kappa shape index (κ1) is 17.9. The van der Waals surface area contributed by atoms with Gasteiger partial charge in [0, 0.05) is 24.2 Å². The van der Waals surface area contributed by atoms with Crippen molar-refractivity contribution in [2.75, 3.05) is 5.32 Å². The fourth-order valence-corrected chi connectivity index (χ4v) is 2.33. The summed E-state index contributed by atoms with van der Waals surface area (Å²) in [6.07, 6.45) is 6.26. The van der Waals surface area contributed by atoms with Gasteiger partial charge in [0.15, 0.2) is 0 Å². The molecule has 1 aromatic heterocycles. The zero-order valence-corrected chi connectivity index (χ0v) is 14.9. The third kappa shape index (κ3) is 5.05. The molecule has 0 unspecified atom stereocenters. The Hall–Kier alpha value is -2.89. The molecule has 7 heteroatoms. The molecule has 0 saturated carbocycles. The number of ether oxygens (including phenoxy) is 1. The average Bonchev–Trinajstić information content (AvgIpc) is 2.65. The van der Waals surface area contributed by atoms with Crippen molar-refractivity contribution in [3.05, 3.63) is 82.6 Å². The van der Waals surface area contributed by atoms with E-state index < -0.39 is 0 Å². The van der Waals surface area contributed by atoms with Gasteiger partial charge in [0.25, 0.3) is 0 Å². The molecule has 3 aromatic rings. The molecule has 0 saturated heterocycles. The van der Waals surface area contributed by atoms with Gasteiger partial charge >= 0.3 is 6.01 Å². The number of nitrogens with one attached hydrogen (secondary N) is 1. The van der Waals surface area contributed by atoms with Gasteiger partial charge in [-0.1, -0.05) is 29.3 Å². The van der Waals surface area contributed by atoms with Gasteiger partial charge in [0.2, 0.25) is 5.91 Å². The van der Waals surface area contributed by atoms with Gasteiger partial charge in [0.1, 0.15) is 5.75 Å². The smallest absolute Gasteiger partial charge is 0.321 e. The van der Waals surface area contributed by atoms with E-state index in [1.165, 1.54) is 6.08 Å². The molecule has 0 fully saturated rings. The Kier molecular flexibility index (Phi) is 5.84. The lowest BCUT2D eigenvalue weighted by atomic mass is 10.2. The molecule has 0 bridgehead atoms. The molecule has 5 nitrogen and oxygen atoms in total. The van der Waals surface area contributed by atoms with E-state index in [0.717, 1.165) is 5.56 Å². The highest BCUT2D eigenvalue weighted by Crippen LogP contribution is 2.23. The Labute approximate surface area is 160 Å². The Balaban J connectivity index is 1.58. The Morgan fingerprint density at radius 3 is 2.42 bits per heavy atom. The maximum absolute atomic E-state index is 12.0. The molecule has 0 aliphatic heterocycles. The minimum atomic E-state index is -0.267. The number of carbonyl (C=O) groups is 1. The van der Waals surface area contributed by atoms with E-state index in [1.54, 1.807) is 67.0 Å². The molecule has 0 aliphatic rings. The lowest BCUT2D eigenvalue weighted by molar-refractivity contribution is -0.111. The van der Waals surface area contributed by atoms with Crippen LogP contribution < -0.4 is 10.1 Å². The maximum atomic E-state index is 12.0. The largest absolute Gasteiger partial charge is 0.424 e. The number of benzene rings is 2. The van der Waals surface area contributed by atoms with Crippen LogP contribution in [-0.2, 0) is 4.79 Å². The summed E-state index contributed by atoms with van der Waals surface area (Å²) >= 11 is 11.8. The SMILES string of the molecule is O=C(/C=C/c1ccc(Cl)c(Cl)c1)Nc1ccc(Oc2ncccn2)cc1. The van der Waals surface area contributed by atoms with Gasteiger partial charge in [-0.15, -0.1) is 0 Å². The van der Waals surface area contributed by atoms with Crippen LogP contribution in [0.1, 0.15) is 5.56 Å². The summed E-state index contributed by atoms with van der Waals surface area (Å²) in [5, 5.41) is 3.66. The quantitative estimate of drug-likeness (QED) is 0.610. The van der Waals surface area contributed by atoms with Crippen LogP contribution in [0.25, 0.3) is 6.08 Å². The minimum Gasteiger partial charge on any atom is -0.424 e. The first-order valence-corrected chi connectivity index (χ1v) is 8.35. The second kappa shape index (κ2) is 8.47. The molecule has 130 valence electrons. The summed E-state index contributed by atoms with van der Waals surface area (Å²) in [6, 6.07) is 14.0. The van der Waals surface area contributed by atoms with E-state index in [2.05, 4.69) is 15.3 Å². The Morgan fingerprint density at radius 1 is 1.00 bits per heavy atom. The number of rotatable bonds is 5. The molecule has 3 rings (SSSR count). The summed E-state index contributed by atoms with van der Waals surface area (Å²) in [7, 11) is 0. The van der Waals surface area contributed by atoms with Crippen molar-refractivity contribution in [3.63, 3.8) is 0 Å². The van der Waals surface area contributed by atoms with Gasteiger partial charge in [-0.05, 0) is 54.1 Å². The lowest BCUT2D eigenvalue weighted by Gasteiger charge is -2.05. The molecule has 1 N–H and O–H groups in total. The summed E-state index contributed by atoms with van der Waals surface area (Å²) in [5.74, 6) is 0.302. The summed E-state index contributed by atoms with van der Waals surface area (Å²) in [6.45, 7) is 0. The van der Waals surface area contributed by atoms with Crippen molar-refractivity contribution in [1.29, 1.82) is 0 Å². The predicted octanol–water partition coefficient (Wildman–Crippen LogP) is 5.23. The average molecular weight is 386 g/mol. The Bertz CT molecular complexity index is 929. The van der Waals surface area contributed by atoms with Crippen LogP contribution in [0.3, 0.4) is 0 Å². The third-order valence-corrected chi connectivity index (χ3v) is 3.98. The normalized spacial score (nSPS) is 10.7. The minimum absolute atomic E-state index is 0.258. The zero-order chi connectivity index (χ0) is 18.4. The van der Waals surface area contributed by atoms with Crippen LogP contribution in [0.4, 0.5) is 5.69 Å². The van der Waals surface area contributed by atoms with E-state index >= 15 is 0 Å². The second-order valence-electron chi connectivity index (χ2n) is 5.15. The molecule has 1 heterocycles. The fourth-order valence-electron chi connectivity index (χ4n) is 2.02. The zero-order valence-electron chi connectivity index (χ0n) is 13.4. The van der Waals surface area contributed by atoms with Gasteiger partial charge in [-0.2, -0.15) is 0 Å². The highest BCUT2D eigenvalue weighted by atomic mass is 35.5. The van der Waals surface area contributed by atoms with E-state index in [9.17, 15) is 4.79 Å². The molecular formula is C19H13Cl2N3O2. The third-order valence-electron chi connectivity index (χ3n) is 3.24. The van der Waals surface area contributed by atoms with Crippen LogP contribution in [0.15, 0.2) is 67.0 Å². The monoisotopic (exact) mass is 385 g/mol. The van der Waals surface area contributed by atoms with Crippen LogP contribution in [0.5, 0.6) is 11.8 Å². The van der Waals surface area contributed by atoms with Crippen LogP contribution >= 0.6 is 23.2 Å². The highest BCUT2D eigenvalue weighted by Gasteiger charge is 2.02. The second-order valence-corrected chi connectivity index (χ2v) is 5.97. The van der Waals surface area contributed by atoms with Crippen LogP contribution in [0, 0.1) is 0 Å². The molecule has 1 amide bonds. The predicted molar refractivity (Wildman–Crippen MR) is 103 cm³/mol. The number of carbonyl (C=O) groups excluding carboxylic acids is 1. The number of halogens is 2. The number of hydrogen-bond donors (Lipinski definition) is 1. The van der Waals surface area contributed by atoms with Crippen molar-refractivity contribution < 1.29 is 9.53 Å². The van der Waals surface area contributed by atoms with Gasteiger partial charge in [0.05, 0.1) is 10.0 Å². The van der Waals surface area contributed by atoms with Crippen LogP contribution in [0.2, 0.25) is 10.0 Å². The number of nitrogens with zero attached hydrogens (tertiary/aromatic N) is 2. The molecule has 0 atom stereocenters. The maximum Gasteiger partial charge on any atom is 0.321 e. The number of hydrogen-bond acceptors (Lipinski definition) is 4. The molecule has 0 spiro atoms. The van der Waals surface area contributed by atoms with E-state index in [-0.39, 0.29) is 11.9 Å². The topological polar surface area (TPSA) is 64.1 Å². The van der Waals surface area contributed by atoms with E-state index in [0.29, 0.717) is 21.5 Å². The van der Waals surface area contributed by atoms with Crippen molar-refractivity contribution >= 4 is 40.9 Å². The van der Waals surface area contributed by atoms with Crippen molar-refractivity contribution in [3.8, 4) is 11.8 Å². The fraction of sp³-hybridized carbons (Fsp3) is 0. The number of amides is 1. The first-order chi connectivity index (χ1) is 12.6. The number of aromatic nitrogens is 2. The highest BCUT2D eigenvalue weighted by molar-refractivity contribution is 6.42. The summed E-state index contributed by atoms with van der Waals surface area (Å²) < 4.78 is 5.49. The summed E-state index contributed by atoms with van der Waals surface area (Å²) in [4.78, 5) is 20.0. The van der Waals surface area contributed by atoms with Crippen LogP contribution in [-0.4, -0.2) is 15.9 Å². The van der Waals surface area contributed by atoms with Gasteiger partial charge in [-0.25, -0.2) is 9.97 Å². The molecule has 26 heavy (non-hydrogen) atoms. The van der Waals surface area contributed by atoms with Gasteiger partial charge < -0.3 is 10.1 Å². The first-order valence-electron chi connectivity index (χ1n) is 7.59. The molecule has 0 aliphatic carbocycles. The van der Waals surface area contributed by atoms with Crippen molar-refractivity contribution in [1.82, 2.24) is 9.97 Å². The standard InChI is InChI=1S/C19H13Cl2N3O2/c20-16-8-2-13(12-17(16)21)3-9-18(25)24-14-4-6-15(7-5-14)26-19-22-10-1-11-23-19/h1-12H,(H,24,25)/b9-3+. The number of anilines is 1. The molecular weight excluding hydrogens is 373 g/mol. The molecule has 0 radical (unpaired) electrons. The van der Waals surface area contributed by atoms with E-state index in [4.69, 9.17) is 27.9 Å². The Morgan fingerprint density at radius 2 is 1.73 bits per heavy atom. The summed E-state index contributed by atoms with van der Waals surface area (Å²) in [5.41, 5.74) is 1.41. The molecule has 2 aromatic carbocycles. The van der Waals surface area contributed by atoms with Crippen molar-refractivity contribution in [2.45, 2.75) is 0 Å². The van der Waals surface area contributed by atoms with Gasteiger partial charge in [-0.3, -0.25) is 4.79 Å².